The quantitative estimate of drug-likeness (QED) is 0.738. The van der Waals surface area contributed by atoms with Gasteiger partial charge in [-0.05, 0) is 11.1 Å². The van der Waals surface area contributed by atoms with Crippen molar-refractivity contribution in [2.24, 2.45) is 11.3 Å². The van der Waals surface area contributed by atoms with Gasteiger partial charge >= 0.3 is 0 Å². The van der Waals surface area contributed by atoms with E-state index in [9.17, 15) is 4.79 Å². The highest BCUT2D eigenvalue weighted by Crippen LogP contribution is 2.35. The van der Waals surface area contributed by atoms with Gasteiger partial charge in [0, 0.05) is 0 Å². The molecule has 1 aromatic rings. The summed E-state index contributed by atoms with van der Waals surface area (Å²) in [4.78, 5) is 11.1. The molecule has 0 aromatic heterocycles. The zero-order valence-corrected chi connectivity index (χ0v) is 9.58. The fraction of sp³-hybridized carbons (Fsp3) is 0.133. The van der Waals surface area contributed by atoms with E-state index in [0.717, 1.165) is 11.1 Å². The number of nitrogens with zero attached hydrogens (tertiary/aromatic N) is 2. The summed E-state index contributed by atoms with van der Waals surface area (Å²) >= 11 is 0. The second-order valence-electron chi connectivity index (χ2n) is 4.09. The monoisotopic (exact) mass is 234 g/mol. The van der Waals surface area contributed by atoms with Crippen molar-refractivity contribution >= 4 is 11.9 Å². The Labute approximate surface area is 105 Å². The van der Waals surface area contributed by atoms with Crippen LogP contribution in [0.25, 0.3) is 5.57 Å². The summed E-state index contributed by atoms with van der Waals surface area (Å²) in [7, 11) is 0. The largest absolute Gasteiger partial charge is 0.301 e. The average Bonchev–Trinajstić information content (AvgIpc) is 2.47. The minimum atomic E-state index is -1.35. The van der Waals surface area contributed by atoms with Crippen LogP contribution < -0.4 is 0 Å². The molecular formula is C15H10N2O. The fourth-order valence-electron chi connectivity index (χ4n) is 1.92. The van der Waals surface area contributed by atoms with Gasteiger partial charge in [0.15, 0.2) is 0 Å². The molecule has 1 aliphatic rings. The van der Waals surface area contributed by atoms with Crippen LogP contribution in [-0.4, -0.2) is 6.29 Å². The van der Waals surface area contributed by atoms with Gasteiger partial charge in [0.2, 0.25) is 0 Å². The van der Waals surface area contributed by atoms with Crippen molar-refractivity contribution in [1.29, 1.82) is 10.5 Å². The molecule has 0 radical (unpaired) electrons. The lowest BCUT2D eigenvalue weighted by molar-refractivity contribution is -0.112. The maximum Gasteiger partial charge on any atom is 0.150 e. The number of hydrogen-bond donors (Lipinski definition) is 0. The second kappa shape index (κ2) is 4.69. The summed E-state index contributed by atoms with van der Waals surface area (Å²) in [5.41, 5.74) is 0.467. The topological polar surface area (TPSA) is 64.7 Å². The van der Waals surface area contributed by atoms with Crippen molar-refractivity contribution < 1.29 is 4.79 Å². The number of rotatable bonds is 2. The lowest BCUT2D eigenvalue weighted by Gasteiger charge is -2.23. The van der Waals surface area contributed by atoms with Gasteiger partial charge in [-0.2, -0.15) is 10.5 Å². The Hall–Kier alpha value is -2.65. The van der Waals surface area contributed by atoms with E-state index in [1.54, 1.807) is 12.2 Å². The normalized spacial score (nSPS) is 25.7. The Kier molecular flexibility index (Phi) is 3.08. The maximum absolute atomic E-state index is 11.1. The first-order valence-corrected chi connectivity index (χ1v) is 5.49. The Morgan fingerprint density at radius 1 is 1.22 bits per heavy atom. The first-order valence-electron chi connectivity index (χ1n) is 5.49. The summed E-state index contributed by atoms with van der Waals surface area (Å²) in [6.07, 6.45) is 5.44. The van der Waals surface area contributed by atoms with Gasteiger partial charge in [0.05, 0.1) is 18.1 Å². The first-order chi connectivity index (χ1) is 8.75. The van der Waals surface area contributed by atoms with Crippen LogP contribution in [-0.2, 0) is 4.79 Å². The van der Waals surface area contributed by atoms with Crippen LogP contribution in [0.3, 0.4) is 0 Å². The summed E-state index contributed by atoms with van der Waals surface area (Å²) in [6, 6.07) is 13.5. The predicted octanol–water partition coefficient (Wildman–Crippen LogP) is 2.49. The SMILES string of the molecule is N#CC1C=C(c2ccccc2)C=CC1(C#N)C=O. The number of hydrogen-bond acceptors (Lipinski definition) is 3. The van der Waals surface area contributed by atoms with Crippen LogP contribution in [0.1, 0.15) is 5.56 Å². The molecule has 2 rings (SSSR count). The van der Waals surface area contributed by atoms with Gasteiger partial charge in [0.25, 0.3) is 0 Å². The van der Waals surface area contributed by atoms with Gasteiger partial charge in [-0.25, -0.2) is 0 Å². The van der Waals surface area contributed by atoms with E-state index in [1.807, 2.05) is 42.5 Å². The number of allylic oxidation sites excluding steroid dienone is 4. The number of carbonyl (C=O) groups is 1. The summed E-state index contributed by atoms with van der Waals surface area (Å²) < 4.78 is 0. The Bertz CT molecular complexity index is 602. The Morgan fingerprint density at radius 3 is 2.50 bits per heavy atom. The molecule has 2 unspecified atom stereocenters. The molecular weight excluding hydrogens is 224 g/mol. The highest BCUT2D eigenvalue weighted by atomic mass is 16.1. The molecule has 0 amide bonds. The van der Waals surface area contributed by atoms with Crippen molar-refractivity contribution in [3.63, 3.8) is 0 Å². The molecule has 0 bridgehead atoms. The highest BCUT2D eigenvalue weighted by Gasteiger charge is 2.38. The van der Waals surface area contributed by atoms with Crippen LogP contribution in [0.4, 0.5) is 0 Å². The number of benzene rings is 1. The van der Waals surface area contributed by atoms with E-state index in [4.69, 9.17) is 10.5 Å². The molecule has 3 nitrogen and oxygen atoms in total. The van der Waals surface area contributed by atoms with Gasteiger partial charge in [0.1, 0.15) is 11.7 Å². The fourth-order valence-corrected chi connectivity index (χ4v) is 1.92. The molecule has 3 heteroatoms. The van der Waals surface area contributed by atoms with Crippen LogP contribution in [0.5, 0.6) is 0 Å². The van der Waals surface area contributed by atoms with E-state index in [0.29, 0.717) is 6.29 Å². The third-order valence-electron chi connectivity index (χ3n) is 3.03. The maximum atomic E-state index is 11.1. The van der Waals surface area contributed by atoms with Gasteiger partial charge < -0.3 is 4.79 Å². The standard InChI is InChI=1S/C15H10N2O/c16-9-14-8-13(12-4-2-1-3-5-12)6-7-15(14,10-17)11-18/h1-8,11,14H. The van der Waals surface area contributed by atoms with E-state index < -0.39 is 11.3 Å². The van der Waals surface area contributed by atoms with Crippen LogP contribution in [0, 0.1) is 34.0 Å². The van der Waals surface area contributed by atoms with Gasteiger partial charge in [-0.15, -0.1) is 0 Å². The van der Waals surface area contributed by atoms with Crippen LogP contribution in [0.2, 0.25) is 0 Å². The molecule has 0 saturated carbocycles. The van der Waals surface area contributed by atoms with E-state index >= 15 is 0 Å². The minimum Gasteiger partial charge on any atom is -0.301 e. The van der Waals surface area contributed by atoms with Gasteiger partial charge in [-0.3, -0.25) is 0 Å². The van der Waals surface area contributed by atoms with Crippen LogP contribution >= 0.6 is 0 Å². The van der Waals surface area contributed by atoms with E-state index in [-0.39, 0.29) is 0 Å². The molecule has 86 valence electrons. The Morgan fingerprint density at radius 2 is 1.94 bits per heavy atom. The molecule has 0 spiro atoms. The summed E-state index contributed by atoms with van der Waals surface area (Å²) in [5, 5.41) is 18.2. The van der Waals surface area contributed by atoms with E-state index in [2.05, 4.69) is 0 Å². The smallest absolute Gasteiger partial charge is 0.150 e. The zero-order valence-electron chi connectivity index (χ0n) is 9.58. The molecule has 2 atom stereocenters. The summed E-state index contributed by atoms with van der Waals surface area (Å²) in [5.74, 6) is -0.750. The van der Waals surface area contributed by atoms with Crippen molar-refractivity contribution in [3.05, 3.63) is 54.1 Å². The molecule has 18 heavy (non-hydrogen) atoms. The predicted molar refractivity (Wildman–Crippen MR) is 66.8 cm³/mol. The lowest BCUT2D eigenvalue weighted by Crippen LogP contribution is -2.28. The highest BCUT2D eigenvalue weighted by molar-refractivity contribution is 5.81. The average molecular weight is 234 g/mol. The molecule has 1 aliphatic carbocycles. The molecule has 0 fully saturated rings. The minimum absolute atomic E-state index is 0.537. The first kappa shape index (κ1) is 11.8. The molecule has 0 aliphatic heterocycles. The molecule has 1 aromatic carbocycles. The Balaban J connectivity index is 2.45. The molecule has 0 saturated heterocycles. The lowest BCUT2D eigenvalue weighted by atomic mass is 9.73. The van der Waals surface area contributed by atoms with Crippen molar-refractivity contribution in [2.45, 2.75) is 0 Å². The molecule has 0 N–H and O–H groups in total. The number of nitriles is 2. The van der Waals surface area contributed by atoms with Crippen LogP contribution in [0.15, 0.2) is 48.6 Å². The second-order valence-corrected chi connectivity index (χ2v) is 4.09. The van der Waals surface area contributed by atoms with Crippen molar-refractivity contribution in [3.8, 4) is 12.1 Å². The van der Waals surface area contributed by atoms with E-state index in [1.165, 1.54) is 6.08 Å². The third kappa shape index (κ3) is 1.83. The number of aldehydes is 1. The molecule has 0 heterocycles. The van der Waals surface area contributed by atoms with Gasteiger partial charge in [-0.1, -0.05) is 48.6 Å². The number of carbonyl (C=O) groups excluding carboxylic acids is 1. The van der Waals surface area contributed by atoms with Crippen molar-refractivity contribution in [1.82, 2.24) is 0 Å². The zero-order chi connectivity index (χ0) is 13.0. The third-order valence-corrected chi connectivity index (χ3v) is 3.03. The summed E-state index contributed by atoms with van der Waals surface area (Å²) in [6.45, 7) is 0. The van der Waals surface area contributed by atoms with Crippen molar-refractivity contribution in [2.75, 3.05) is 0 Å².